The molecule has 0 saturated carbocycles. The van der Waals surface area contributed by atoms with Crippen molar-refractivity contribution in [3.8, 4) is 17.6 Å². The number of aliphatic carboxylic acids is 1. The normalized spacial score (nSPS) is 18.8. The summed E-state index contributed by atoms with van der Waals surface area (Å²) < 4.78 is 5.36. The van der Waals surface area contributed by atoms with Crippen LogP contribution < -0.4 is 4.74 Å². The molecular formula is C28H32N4O4. The van der Waals surface area contributed by atoms with Crippen LogP contribution in [-0.2, 0) is 4.79 Å². The number of aliphatic hydroxyl groups is 1. The van der Waals surface area contributed by atoms with Gasteiger partial charge in [-0.25, -0.2) is 9.97 Å². The van der Waals surface area contributed by atoms with Crippen molar-refractivity contribution < 1.29 is 19.7 Å². The number of aliphatic hydroxyl groups excluding tert-OH is 1. The number of carboxylic acids is 1. The summed E-state index contributed by atoms with van der Waals surface area (Å²) in [6.45, 7) is 2.29. The van der Waals surface area contributed by atoms with Crippen molar-refractivity contribution in [1.29, 1.82) is 0 Å². The maximum absolute atomic E-state index is 11.3. The van der Waals surface area contributed by atoms with Crippen molar-refractivity contribution >= 4 is 16.9 Å². The van der Waals surface area contributed by atoms with Gasteiger partial charge < -0.3 is 14.9 Å². The number of benzene rings is 1. The Morgan fingerprint density at radius 2 is 2.00 bits per heavy atom. The lowest BCUT2D eigenvalue weighted by Gasteiger charge is -2.38. The first-order chi connectivity index (χ1) is 17.5. The topological polar surface area (TPSA) is 109 Å². The number of aromatic nitrogens is 3. The molecule has 1 aliphatic heterocycles. The highest BCUT2D eigenvalue weighted by Crippen LogP contribution is 2.35. The first-order valence-electron chi connectivity index (χ1n) is 12.3. The van der Waals surface area contributed by atoms with E-state index in [-0.39, 0.29) is 12.3 Å². The van der Waals surface area contributed by atoms with Crippen molar-refractivity contribution in [1.82, 2.24) is 19.9 Å². The van der Waals surface area contributed by atoms with Crippen molar-refractivity contribution in [2.45, 2.75) is 38.2 Å². The van der Waals surface area contributed by atoms with Gasteiger partial charge in [-0.05, 0) is 85.9 Å². The van der Waals surface area contributed by atoms with E-state index in [2.05, 4.69) is 31.7 Å². The van der Waals surface area contributed by atoms with Gasteiger partial charge in [0.25, 0.3) is 0 Å². The van der Waals surface area contributed by atoms with Gasteiger partial charge in [0.15, 0.2) is 0 Å². The number of nitrogens with zero attached hydrogens (tertiary/aromatic N) is 4. The van der Waals surface area contributed by atoms with E-state index in [1.165, 1.54) is 0 Å². The molecule has 3 heterocycles. The molecule has 0 spiro atoms. The molecule has 36 heavy (non-hydrogen) atoms. The van der Waals surface area contributed by atoms with Gasteiger partial charge in [0.05, 0.1) is 25.3 Å². The number of pyridine rings is 1. The van der Waals surface area contributed by atoms with Gasteiger partial charge in [-0.1, -0.05) is 5.92 Å². The van der Waals surface area contributed by atoms with E-state index in [0.29, 0.717) is 31.1 Å². The molecule has 8 heteroatoms. The monoisotopic (exact) mass is 488 g/mol. The summed E-state index contributed by atoms with van der Waals surface area (Å²) in [6.07, 6.45) is 7.60. The largest absolute Gasteiger partial charge is 0.497 e. The Bertz CT molecular complexity index is 1220. The number of carboxylic acid groups (broad SMARTS) is 1. The number of rotatable bonds is 9. The smallest absolute Gasteiger partial charge is 0.303 e. The molecule has 1 saturated heterocycles. The molecule has 3 aromatic rings. The number of methoxy groups -OCH3 is 1. The van der Waals surface area contributed by atoms with E-state index in [4.69, 9.17) is 4.74 Å². The molecule has 188 valence electrons. The molecule has 1 aliphatic rings. The van der Waals surface area contributed by atoms with E-state index in [1.54, 1.807) is 31.8 Å². The number of hydrogen-bond donors (Lipinski definition) is 2. The van der Waals surface area contributed by atoms with Crippen LogP contribution in [0.3, 0.4) is 0 Å². The Labute approximate surface area is 211 Å². The van der Waals surface area contributed by atoms with Crippen molar-refractivity contribution in [2.75, 3.05) is 26.7 Å². The van der Waals surface area contributed by atoms with E-state index < -0.39 is 12.1 Å². The number of carbonyl (C=O) groups is 1. The van der Waals surface area contributed by atoms with Gasteiger partial charge in [0.2, 0.25) is 5.82 Å². The van der Waals surface area contributed by atoms with Gasteiger partial charge in [-0.2, -0.15) is 0 Å². The summed E-state index contributed by atoms with van der Waals surface area (Å²) in [5.41, 5.74) is 1.67. The second-order valence-corrected chi connectivity index (χ2v) is 9.23. The van der Waals surface area contributed by atoms with Crippen molar-refractivity contribution in [3.05, 3.63) is 60.3 Å². The summed E-state index contributed by atoms with van der Waals surface area (Å²) in [6, 6.07) is 9.30. The van der Waals surface area contributed by atoms with Crippen LogP contribution in [0.1, 0.15) is 49.6 Å². The third kappa shape index (κ3) is 6.78. The fraction of sp³-hybridized carbons (Fsp3) is 0.429. The number of ether oxygens (including phenoxy) is 1. The fourth-order valence-electron chi connectivity index (χ4n) is 5.00. The predicted octanol–water partition coefficient (Wildman–Crippen LogP) is 3.70. The second kappa shape index (κ2) is 12.4. The molecule has 2 aromatic heterocycles. The number of likely N-dealkylation sites (tertiary alicyclic amines) is 1. The van der Waals surface area contributed by atoms with Crippen LogP contribution >= 0.6 is 0 Å². The van der Waals surface area contributed by atoms with Crippen molar-refractivity contribution in [3.63, 3.8) is 0 Å². The lowest BCUT2D eigenvalue weighted by molar-refractivity contribution is -0.137. The van der Waals surface area contributed by atoms with Crippen LogP contribution in [0.25, 0.3) is 10.9 Å². The molecule has 0 radical (unpaired) electrons. The first-order valence-corrected chi connectivity index (χ1v) is 12.3. The maximum atomic E-state index is 11.3. The van der Waals surface area contributed by atoms with Gasteiger partial charge >= 0.3 is 5.97 Å². The zero-order chi connectivity index (χ0) is 25.3. The third-order valence-corrected chi connectivity index (χ3v) is 6.93. The SMILES string of the molecule is COc1ccc2nccc(C(O)CC[C@@H]3CCN(CC#Cc4ncccn4)C[C@@H]3CCC(=O)O)c2c1. The van der Waals surface area contributed by atoms with Crippen LogP contribution in [0.5, 0.6) is 5.75 Å². The van der Waals surface area contributed by atoms with Crippen molar-refractivity contribution in [2.24, 2.45) is 11.8 Å². The number of piperidine rings is 1. The van der Waals surface area contributed by atoms with E-state index in [1.807, 2.05) is 24.3 Å². The van der Waals surface area contributed by atoms with Crippen LogP contribution in [0.4, 0.5) is 0 Å². The molecule has 0 bridgehead atoms. The minimum atomic E-state index is -0.774. The lowest BCUT2D eigenvalue weighted by Crippen LogP contribution is -2.41. The lowest BCUT2D eigenvalue weighted by atomic mass is 9.79. The highest BCUT2D eigenvalue weighted by atomic mass is 16.5. The quantitative estimate of drug-likeness (QED) is 0.439. The summed E-state index contributed by atoms with van der Waals surface area (Å²) in [5, 5.41) is 21.2. The average Bonchev–Trinajstić information content (AvgIpc) is 2.91. The first kappa shape index (κ1) is 25.5. The predicted molar refractivity (Wildman–Crippen MR) is 136 cm³/mol. The van der Waals surface area contributed by atoms with E-state index >= 15 is 0 Å². The standard InChI is InChI=1S/C28H32N4O4/c1-36-22-7-8-25-24(18-22)23(11-15-29-25)26(33)9-5-20-12-17-32(19-21(20)6-10-28(34)35)16-2-4-27-30-13-3-14-31-27/h3,7-8,11,13-15,18,20-21,26,33H,5-6,9-10,12,16-17,19H2,1H3,(H,34,35)/t20-,21+,26?/m1/s1. The van der Waals surface area contributed by atoms with Crippen LogP contribution in [0, 0.1) is 23.7 Å². The molecule has 1 fully saturated rings. The Hall–Kier alpha value is -3.54. The molecule has 0 aliphatic carbocycles. The molecule has 4 rings (SSSR count). The minimum absolute atomic E-state index is 0.149. The zero-order valence-electron chi connectivity index (χ0n) is 20.5. The summed E-state index contributed by atoms with van der Waals surface area (Å²) >= 11 is 0. The van der Waals surface area contributed by atoms with Gasteiger partial charge in [0.1, 0.15) is 5.75 Å². The highest BCUT2D eigenvalue weighted by molar-refractivity contribution is 5.83. The Morgan fingerprint density at radius 3 is 2.78 bits per heavy atom. The Balaban J connectivity index is 1.39. The number of fused-ring (bicyclic) bond motifs is 1. The Morgan fingerprint density at radius 1 is 1.17 bits per heavy atom. The summed E-state index contributed by atoms with van der Waals surface area (Å²) in [7, 11) is 1.62. The van der Waals surface area contributed by atoms with Crippen LogP contribution in [-0.4, -0.2) is 62.8 Å². The third-order valence-electron chi connectivity index (χ3n) is 6.93. The molecule has 1 aromatic carbocycles. The molecule has 0 amide bonds. The molecular weight excluding hydrogens is 456 g/mol. The molecule has 3 atom stereocenters. The second-order valence-electron chi connectivity index (χ2n) is 9.23. The van der Waals surface area contributed by atoms with Crippen LogP contribution in [0.2, 0.25) is 0 Å². The fourth-order valence-corrected chi connectivity index (χ4v) is 5.00. The average molecular weight is 489 g/mol. The summed E-state index contributed by atoms with van der Waals surface area (Å²) in [5.74, 6) is 7.19. The molecule has 1 unspecified atom stereocenters. The van der Waals surface area contributed by atoms with Gasteiger partial charge in [0, 0.05) is 36.9 Å². The summed E-state index contributed by atoms with van der Waals surface area (Å²) in [4.78, 5) is 26.2. The number of hydrogen-bond acceptors (Lipinski definition) is 7. The zero-order valence-corrected chi connectivity index (χ0v) is 20.5. The van der Waals surface area contributed by atoms with Crippen LogP contribution in [0.15, 0.2) is 48.9 Å². The highest BCUT2D eigenvalue weighted by Gasteiger charge is 2.30. The minimum Gasteiger partial charge on any atom is -0.497 e. The van der Waals surface area contributed by atoms with E-state index in [0.717, 1.165) is 48.1 Å². The van der Waals surface area contributed by atoms with Gasteiger partial charge in [-0.15, -0.1) is 0 Å². The maximum Gasteiger partial charge on any atom is 0.303 e. The molecule has 8 nitrogen and oxygen atoms in total. The molecule has 2 N–H and O–H groups in total. The van der Waals surface area contributed by atoms with E-state index in [9.17, 15) is 15.0 Å². The Kier molecular flexibility index (Phi) is 8.82. The van der Waals surface area contributed by atoms with Gasteiger partial charge in [-0.3, -0.25) is 14.7 Å².